The summed E-state index contributed by atoms with van der Waals surface area (Å²) in [5, 5.41) is 0. The molecule has 134 valence electrons. The van der Waals surface area contributed by atoms with Gasteiger partial charge in [0.1, 0.15) is 23.9 Å². The van der Waals surface area contributed by atoms with E-state index in [2.05, 4.69) is 4.72 Å². The van der Waals surface area contributed by atoms with E-state index < -0.39 is 10.0 Å². The van der Waals surface area contributed by atoms with Gasteiger partial charge in [-0.2, -0.15) is 0 Å². The molecule has 0 radical (unpaired) electrons. The second-order valence-corrected chi connectivity index (χ2v) is 7.43. The minimum absolute atomic E-state index is 0.201. The molecule has 0 fully saturated rings. The number of ether oxygens (including phenoxy) is 3. The largest absolute Gasteiger partial charge is 0.497 e. The van der Waals surface area contributed by atoms with Crippen LogP contribution in [0.1, 0.15) is 12.5 Å². The fourth-order valence-corrected chi connectivity index (χ4v) is 3.96. The van der Waals surface area contributed by atoms with E-state index in [0.717, 1.165) is 17.1 Å². The SMILES string of the molecule is CCOc1ccc(S(=O)(=O)N[C@H]2COc3ccc(OC)cc3C2)cc1. The molecule has 0 saturated carbocycles. The Kier molecular flexibility index (Phi) is 5.15. The molecule has 0 bridgehead atoms. The van der Waals surface area contributed by atoms with Crippen molar-refractivity contribution in [1.29, 1.82) is 0 Å². The highest BCUT2D eigenvalue weighted by atomic mass is 32.2. The van der Waals surface area contributed by atoms with Crippen LogP contribution in [0.25, 0.3) is 0 Å². The summed E-state index contributed by atoms with van der Waals surface area (Å²) in [5.41, 5.74) is 0.921. The number of hydrogen-bond acceptors (Lipinski definition) is 5. The van der Waals surface area contributed by atoms with Crippen molar-refractivity contribution in [3.8, 4) is 17.2 Å². The Morgan fingerprint density at radius 1 is 1.16 bits per heavy atom. The first-order chi connectivity index (χ1) is 12.0. The number of methoxy groups -OCH3 is 1. The van der Waals surface area contributed by atoms with Crippen molar-refractivity contribution in [1.82, 2.24) is 4.72 Å². The number of rotatable bonds is 6. The minimum Gasteiger partial charge on any atom is -0.497 e. The molecule has 0 saturated heterocycles. The first-order valence-electron chi connectivity index (χ1n) is 8.06. The van der Waals surface area contributed by atoms with Gasteiger partial charge in [-0.25, -0.2) is 13.1 Å². The maximum atomic E-state index is 12.6. The normalized spacial score (nSPS) is 16.6. The van der Waals surface area contributed by atoms with E-state index in [1.807, 2.05) is 25.1 Å². The summed E-state index contributed by atoms with van der Waals surface area (Å²) in [5.74, 6) is 2.12. The van der Waals surface area contributed by atoms with Gasteiger partial charge in [0.05, 0.1) is 24.7 Å². The molecule has 2 aromatic rings. The van der Waals surface area contributed by atoms with Gasteiger partial charge in [-0.05, 0) is 61.4 Å². The van der Waals surface area contributed by atoms with Gasteiger partial charge >= 0.3 is 0 Å². The maximum absolute atomic E-state index is 12.6. The highest BCUT2D eigenvalue weighted by molar-refractivity contribution is 7.89. The summed E-state index contributed by atoms with van der Waals surface area (Å²) in [6.45, 7) is 2.70. The van der Waals surface area contributed by atoms with Gasteiger partial charge < -0.3 is 14.2 Å². The van der Waals surface area contributed by atoms with E-state index in [1.165, 1.54) is 12.1 Å². The molecule has 0 aromatic heterocycles. The van der Waals surface area contributed by atoms with E-state index in [0.29, 0.717) is 18.8 Å². The van der Waals surface area contributed by atoms with E-state index in [4.69, 9.17) is 14.2 Å². The summed E-state index contributed by atoms with van der Waals surface area (Å²) in [6.07, 6.45) is 0.544. The summed E-state index contributed by atoms with van der Waals surface area (Å²) >= 11 is 0. The molecular weight excluding hydrogens is 342 g/mol. The molecular formula is C18H21NO5S. The Labute approximate surface area is 147 Å². The molecule has 2 aromatic carbocycles. The lowest BCUT2D eigenvalue weighted by atomic mass is 10.0. The predicted octanol–water partition coefficient (Wildman–Crippen LogP) is 2.38. The molecule has 25 heavy (non-hydrogen) atoms. The fraction of sp³-hybridized carbons (Fsp3) is 0.333. The van der Waals surface area contributed by atoms with Crippen molar-refractivity contribution in [2.24, 2.45) is 0 Å². The van der Waals surface area contributed by atoms with Gasteiger partial charge in [-0.3, -0.25) is 0 Å². The monoisotopic (exact) mass is 363 g/mol. The molecule has 1 aliphatic heterocycles. The zero-order valence-corrected chi connectivity index (χ0v) is 15.0. The number of fused-ring (bicyclic) bond motifs is 1. The molecule has 3 rings (SSSR count). The Hall–Kier alpha value is -2.25. The molecule has 1 heterocycles. The molecule has 0 amide bonds. The van der Waals surface area contributed by atoms with Crippen LogP contribution in [0.15, 0.2) is 47.4 Å². The smallest absolute Gasteiger partial charge is 0.240 e. The van der Waals surface area contributed by atoms with Gasteiger partial charge in [0.15, 0.2) is 0 Å². The molecule has 6 nitrogen and oxygen atoms in total. The average Bonchev–Trinajstić information content (AvgIpc) is 2.61. The molecule has 7 heteroatoms. The van der Waals surface area contributed by atoms with Gasteiger partial charge in [-0.15, -0.1) is 0 Å². The lowest BCUT2D eigenvalue weighted by Crippen LogP contribution is -2.42. The quantitative estimate of drug-likeness (QED) is 0.853. The Balaban J connectivity index is 1.72. The summed E-state index contributed by atoms with van der Waals surface area (Å²) in [7, 11) is -2.03. The van der Waals surface area contributed by atoms with E-state index >= 15 is 0 Å². The average molecular weight is 363 g/mol. The Morgan fingerprint density at radius 3 is 2.56 bits per heavy atom. The molecule has 1 aliphatic rings. The number of benzene rings is 2. The molecule has 1 N–H and O–H groups in total. The zero-order chi connectivity index (χ0) is 17.9. The third kappa shape index (κ3) is 4.05. The number of sulfonamides is 1. The first-order valence-corrected chi connectivity index (χ1v) is 9.55. The van der Waals surface area contributed by atoms with Crippen LogP contribution in [0.5, 0.6) is 17.2 Å². The number of hydrogen-bond donors (Lipinski definition) is 1. The fourth-order valence-electron chi connectivity index (χ4n) is 2.74. The van der Waals surface area contributed by atoms with Gasteiger partial charge in [0.25, 0.3) is 0 Å². The maximum Gasteiger partial charge on any atom is 0.240 e. The molecule has 0 unspecified atom stereocenters. The van der Waals surface area contributed by atoms with Crippen LogP contribution < -0.4 is 18.9 Å². The predicted molar refractivity (Wildman–Crippen MR) is 93.9 cm³/mol. The lowest BCUT2D eigenvalue weighted by molar-refractivity contribution is 0.253. The van der Waals surface area contributed by atoms with E-state index in [9.17, 15) is 8.42 Å². The second-order valence-electron chi connectivity index (χ2n) is 5.71. The second kappa shape index (κ2) is 7.33. The van der Waals surface area contributed by atoms with Crippen LogP contribution in [0.4, 0.5) is 0 Å². The highest BCUT2D eigenvalue weighted by Crippen LogP contribution is 2.29. The van der Waals surface area contributed by atoms with Crippen LogP contribution >= 0.6 is 0 Å². The van der Waals surface area contributed by atoms with Gasteiger partial charge in [0, 0.05) is 0 Å². The Bertz CT molecular complexity index is 833. The van der Waals surface area contributed by atoms with Gasteiger partial charge in [-0.1, -0.05) is 0 Å². The first kappa shape index (κ1) is 17.6. The third-order valence-electron chi connectivity index (χ3n) is 3.94. The van der Waals surface area contributed by atoms with E-state index in [-0.39, 0.29) is 17.5 Å². The molecule has 1 atom stereocenters. The molecule has 0 aliphatic carbocycles. The van der Waals surface area contributed by atoms with Crippen molar-refractivity contribution in [2.45, 2.75) is 24.3 Å². The highest BCUT2D eigenvalue weighted by Gasteiger charge is 2.25. The van der Waals surface area contributed by atoms with Crippen molar-refractivity contribution >= 4 is 10.0 Å². The summed E-state index contributed by atoms with van der Waals surface area (Å²) in [6, 6.07) is 11.6. The van der Waals surface area contributed by atoms with Gasteiger partial charge in [0.2, 0.25) is 10.0 Å². The standard InChI is InChI=1S/C18H21NO5S/c1-3-23-15-4-7-17(8-5-15)25(20,21)19-14-10-13-11-16(22-2)6-9-18(13)24-12-14/h4-9,11,14,19H,3,10,12H2,1-2H3/t14-/m1/s1. The van der Waals surface area contributed by atoms with Crippen molar-refractivity contribution < 1.29 is 22.6 Å². The zero-order valence-electron chi connectivity index (χ0n) is 14.2. The molecule has 0 spiro atoms. The van der Waals surface area contributed by atoms with Crippen LogP contribution in [0, 0.1) is 0 Å². The van der Waals surface area contributed by atoms with Crippen molar-refractivity contribution in [2.75, 3.05) is 20.3 Å². The summed E-state index contributed by atoms with van der Waals surface area (Å²) in [4.78, 5) is 0.201. The van der Waals surface area contributed by atoms with Crippen LogP contribution in [0.3, 0.4) is 0 Å². The Morgan fingerprint density at radius 2 is 1.88 bits per heavy atom. The van der Waals surface area contributed by atoms with E-state index in [1.54, 1.807) is 19.2 Å². The van der Waals surface area contributed by atoms with Crippen molar-refractivity contribution in [3.63, 3.8) is 0 Å². The summed E-state index contributed by atoms with van der Waals surface area (Å²) < 4.78 is 44.1. The number of nitrogens with one attached hydrogen (secondary N) is 1. The topological polar surface area (TPSA) is 73.9 Å². The van der Waals surface area contributed by atoms with Crippen LogP contribution in [-0.4, -0.2) is 34.8 Å². The lowest BCUT2D eigenvalue weighted by Gasteiger charge is -2.26. The van der Waals surface area contributed by atoms with Crippen LogP contribution in [-0.2, 0) is 16.4 Å². The third-order valence-corrected chi connectivity index (χ3v) is 5.48. The van der Waals surface area contributed by atoms with Crippen LogP contribution in [0.2, 0.25) is 0 Å². The minimum atomic E-state index is -3.63. The van der Waals surface area contributed by atoms with Crippen molar-refractivity contribution in [3.05, 3.63) is 48.0 Å².